The largest absolute Gasteiger partial charge is 0.457 e. The molecular weight excluding hydrogens is 390 g/mol. The van der Waals surface area contributed by atoms with Gasteiger partial charge < -0.3 is 14.8 Å². The van der Waals surface area contributed by atoms with Crippen molar-refractivity contribution in [3.05, 3.63) is 59.7 Å². The predicted octanol–water partition coefficient (Wildman–Crippen LogP) is 4.55. The first kappa shape index (κ1) is 18.9. The third kappa shape index (κ3) is 3.31. The molecule has 5 nitrogen and oxygen atoms in total. The zero-order valence-corrected chi connectivity index (χ0v) is 17.5. The quantitative estimate of drug-likeness (QED) is 0.741. The number of nitrogens with one attached hydrogen (secondary N) is 1. The number of fused-ring (bicyclic) bond motifs is 2. The molecule has 0 atom stereocenters. The summed E-state index contributed by atoms with van der Waals surface area (Å²) in [5, 5.41) is 3.28. The fourth-order valence-corrected chi connectivity index (χ4v) is 6.98. The third-order valence-corrected chi connectivity index (χ3v) is 7.70. The summed E-state index contributed by atoms with van der Waals surface area (Å²) in [6, 6.07) is 15.0. The molecule has 4 aliphatic carbocycles. The van der Waals surface area contributed by atoms with Crippen LogP contribution in [0.25, 0.3) is 0 Å². The normalized spacial score (nSPS) is 30.1. The number of hydrogen-bond donors (Lipinski definition) is 1. The summed E-state index contributed by atoms with van der Waals surface area (Å²) in [6.07, 6.45) is 7.23. The predicted molar refractivity (Wildman–Crippen MR) is 115 cm³/mol. The van der Waals surface area contributed by atoms with Crippen molar-refractivity contribution in [2.75, 3.05) is 6.61 Å². The number of carbonyl (C=O) groups excluding carboxylic acids is 2. The van der Waals surface area contributed by atoms with Crippen molar-refractivity contribution in [1.82, 2.24) is 5.32 Å². The fourth-order valence-electron chi connectivity index (χ4n) is 6.98. The highest BCUT2D eigenvalue weighted by atomic mass is 16.5. The third-order valence-electron chi connectivity index (χ3n) is 7.70. The molecule has 7 rings (SSSR count). The second-order valence-corrected chi connectivity index (χ2v) is 9.96. The Bertz CT molecular complexity index is 964. The summed E-state index contributed by atoms with van der Waals surface area (Å²) in [7, 11) is 0. The summed E-state index contributed by atoms with van der Waals surface area (Å²) < 4.78 is 11.5. The monoisotopic (exact) mass is 417 g/mol. The van der Waals surface area contributed by atoms with Gasteiger partial charge >= 0.3 is 5.97 Å². The van der Waals surface area contributed by atoms with Gasteiger partial charge in [-0.25, -0.2) is 0 Å². The molecule has 4 bridgehead atoms. The van der Waals surface area contributed by atoms with Gasteiger partial charge in [0.25, 0.3) is 5.91 Å². The first-order valence-corrected chi connectivity index (χ1v) is 11.4. The summed E-state index contributed by atoms with van der Waals surface area (Å²) >= 11 is 0. The molecule has 1 N–H and O–H groups in total. The molecule has 5 heteroatoms. The van der Waals surface area contributed by atoms with Crippen molar-refractivity contribution < 1.29 is 19.1 Å². The lowest BCUT2D eigenvalue weighted by Gasteiger charge is -2.56. The molecule has 0 radical (unpaired) electrons. The second-order valence-electron chi connectivity index (χ2n) is 9.96. The number of rotatable bonds is 4. The lowest BCUT2D eigenvalue weighted by Crippen LogP contribution is -2.60. The molecule has 5 aliphatic rings. The lowest BCUT2D eigenvalue weighted by molar-refractivity contribution is -0.150. The highest BCUT2D eigenvalue weighted by molar-refractivity contribution is 5.88. The minimum atomic E-state index is -0.589. The number of ether oxygens (including phenoxy) is 2. The fraction of sp³-hybridized carbons (Fsp3) is 0.462. The number of carbonyl (C=O) groups is 2. The minimum Gasteiger partial charge on any atom is -0.457 e. The SMILES string of the molecule is O=C(COC(=O)C1c2ccccc2Oc2ccccc21)NC12CC3CC(CC(C3)C1)C2. The van der Waals surface area contributed by atoms with Gasteiger partial charge in [0.1, 0.15) is 17.4 Å². The number of benzene rings is 2. The molecule has 2 aromatic rings. The molecule has 2 aromatic carbocycles. The van der Waals surface area contributed by atoms with E-state index in [2.05, 4.69) is 5.32 Å². The molecule has 0 saturated heterocycles. The Hall–Kier alpha value is -2.82. The highest BCUT2D eigenvalue weighted by Crippen LogP contribution is 2.55. The van der Waals surface area contributed by atoms with Crippen molar-refractivity contribution in [3.63, 3.8) is 0 Å². The van der Waals surface area contributed by atoms with E-state index >= 15 is 0 Å². The van der Waals surface area contributed by atoms with E-state index in [0.717, 1.165) is 48.1 Å². The van der Waals surface area contributed by atoms with E-state index in [1.165, 1.54) is 19.3 Å². The van der Waals surface area contributed by atoms with Crippen LogP contribution in [-0.2, 0) is 14.3 Å². The molecule has 160 valence electrons. The molecule has 1 heterocycles. The molecule has 1 amide bonds. The van der Waals surface area contributed by atoms with Crippen LogP contribution < -0.4 is 10.1 Å². The smallest absolute Gasteiger partial charge is 0.318 e. The summed E-state index contributed by atoms with van der Waals surface area (Å²) in [4.78, 5) is 25.9. The van der Waals surface area contributed by atoms with Crippen molar-refractivity contribution in [1.29, 1.82) is 0 Å². The van der Waals surface area contributed by atoms with Crippen LogP contribution in [0.5, 0.6) is 11.5 Å². The lowest BCUT2D eigenvalue weighted by atomic mass is 9.53. The van der Waals surface area contributed by atoms with Gasteiger partial charge in [-0.05, 0) is 68.4 Å². The van der Waals surface area contributed by atoms with Crippen molar-refractivity contribution in [2.45, 2.75) is 50.0 Å². The number of para-hydroxylation sites is 2. The number of hydrogen-bond acceptors (Lipinski definition) is 4. The van der Waals surface area contributed by atoms with E-state index in [1.54, 1.807) is 0 Å². The first-order chi connectivity index (χ1) is 15.1. The van der Waals surface area contributed by atoms with Crippen LogP contribution in [0.1, 0.15) is 55.6 Å². The van der Waals surface area contributed by atoms with E-state index in [-0.39, 0.29) is 18.1 Å². The zero-order chi connectivity index (χ0) is 21.0. The Morgan fingerprint density at radius 1 is 0.871 bits per heavy atom. The van der Waals surface area contributed by atoms with Gasteiger partial charge in [0.05, 0.1) is 0 Å². The van der Waals surface area contributed by atoms with Gasteiger partial charge in [-0.1, -0.05) is 36.4 Å². The Balaban J connectivity index is 1.16. The van der Waals surface area contributed by atoms with E-state index in [9.17, 15) is 9.59 Å². The van der Waals surface area contributed by atoms with E-state index in [4.69, 9.17) is 9.47 Å². The Kier molecular flexibility index (Phi) is 4.34. The minimum absolute atomic E-state index is 0.0733. The number of amides is 1. The van der Waals surface area contributed by atoms with E-state index in [0.29, 0.717) is 11.5 Å². The van der Waals surface area contributed by atoms with Crippen molar-refractivity contribution in [2.24, 2.45) is 17.8 Å². The van der Waals surface area contributed by atoms with Crippen LogP contribution in [0, 0.1) is 17.8 Å². The zero-order valence-electron chi connectivity index (χ0n) is 17.5. The van der Waals surface area contributed by atoms with E-state index in [1.807, 2.05) is 48.5 Å². The first-order valence-electron chi connectivity index (χ1n) is 11.4. The summed E-state index contributed by atoms with van der Waals surface area (Å²) in [6.45, 7) is -0.234. The van der Waals surface area contributed by atoms with Crippen LogP contribution in [0.2, 0.25) is 0 Å². The van der Waals surface area contributed by atoms with Crippen LogP contribution in [-0.4, -0.2) is 24.0 Å². The molecular formula is C26H27NO4. The van der Waals surface area contributed by atoms with Crippen molar-refractivity contribution >= 4 is 11.9 Å². The highest BCUT2D eigenvalue weighted by Gasteiger charge is 2.51. The van der Waals surface area contributed by atoms with Gasteiger partial charge in [-0.3, -0.25) is 9.59 Å². The maximum atomic E-state index is 13.1. The number of esters is 1. The van der Waals surface area contributed by atoms with Crippen LogP contribution in [0.4, 0.5) is 0 Å². The van der Waals surface area contributed by atoms with Gasteiger partial charge in [0.2, 0.25) is 0 Å². The van der Waals surface area contributed by atoms with E-state index < -0.39 is 11.9 Å². The molecule has 0 unspecified atom stereocenters. The average molecular weight is 418 g/mol. The molecule has 1 aliphatic heterocycles. The average Bonchev–Trinajstić information content (AvgIpc) is 2.74. The van der Waals surface area contributed by atoms with Gasteiger partial charge in [0.15, 0.2) is 6.61 Å². The van der Waals surface area contributed by atoms with Gasteiger partial charge in [0, 0.05) is 16.7 Å². The molecule has 31 heavy (non-hydrogen) atoms. The van der Waals surface area contributed by atoms with Crippen LogP contribution in [0.15, 0.2) is 48.5 Å². The standard InChI is InChI=1S/C26H27NO4/c28-23(27-26-12-16-9-17(13-26)11-18(10-16)14-26)15-30-25(29)24-19-5-1-3-7-21(19)31-22-8-4-2-6-20(22)24/h1-8,16-18,24H,9-15H2,(H,27,28). The molecule has 0 spiro atoms. The Morgan fingerprint density at radius 2 is 1.39 bits per heavy atom. The van der Waals surface area contributed by atoms with Crippen LogP contribution in [0.3, 0.4) is 0 Å². The van der Waals surface area contributed by atoms with Crippen LogP contribution >= 0.6 is 0 Å². The molecule has 4 saturated carbocycles. The van der Waals surface area contributed by atoms with Gasteiger partial charge in [-0.15, -0.1) is 0 Å². The summed E-state index contributed by atoms with van der Waals surface area (Å²) in [5.74, 6) is 2.39. The summed E-state index contributed by atoms with van der Waals surface area (Å²) in [5.41, 5.74) is 1.47. The maximum absolute atomic E-state index is 13.1. The van der Waals surface area contributed by atoms with Crippen molar-refractivity contribution in [3.8, 4) is 11.5 Å². The topological polar surface area (TPSA) is 64.6 Å². The second kappa shape index (κ2) is 7.11. The van der Waals surface area contributed by atoms with Gasteiger partial charge in [-0.2, -0.15) is 0 Å². The Morgan fingerprint density at radius 3 is 1.94 bits per heavy atom. The Labute approximate surface area is 182 Å². The maximum Gasteiger partial charge on any atom is 0.318 e. The molecule has 0 aromatic heterocycles. The molecule has 4 fully saturated rings.